The van der Waals surface area contributed by atoms with Gasteiger partial charge in [0.15, 0.2) is 0 Å². The van der Waals surface area contributed by atoms with Gasteiger partial charge in [-0.3, -0.25) is 14.4 Å². The number of carbonyl (C=O) groups is 1. The summed E-state index contributed by atoms with van der Waals surface area (Å²) in [5.41, 5.74) is 0.657. The number of fused-ring (bicyclic) bond motifs is 1. The lowest BCUT2D eigenvalue weighted by Gasteiger charge is -2.23. The number of nitrogens with zero attached hydrogens (tertiary/aromatic N) is 4. The fourth-order valence-electron chi connectivity index (χ4n) is 3.63. The molecule has 0 aliphatic carbocycles. The Balaban J connectivity index is 1.41. The highest BCUT2D eigenvalue weighted by atomic mass is 32.1. The minimum atomic E-state index is 0.0593. The quantitative estimate of drug-likeness (QED) is 0.844. The first-order valence-corrected chi connectivity index (χ1v) is 9.21. The summed E-state index contributed by atoms with van der Waals surface area (Å²) in [6, 6.07) is 4.27. The SMILES string of the molecule is Cn1cc(C(=O)N2CCO[C@H]3CN(Cc4cccs4)C[C@H]3C2)cn1. The lowest BCUT2D eigenvalue weighted by molar-refractivity contribution is 0.0502. The summed E-state index contributed by atoms with van der Waals surface area (Å²) in [7, 11) is 1.83. The lowest BCUT2D eigenvalue weighted by Crippen LogP contribution is -2.37. The van der Waals surface area contributed by atoms with Crippen LogP contribution in [0.4, 0.5) is 0 Å². The van der Waals surface area contributed by atoms with E-state index in [-0.39, 0.29) is 12.0 Å². The van der Waals surface area contributed by atoms with E-state index in [0.29, 0.717) is 24.6 Å². The van der Waals surface area contributed by atoms with Gasteiger partial charge in [-0.05, 0) is 11.4 Å². The minimum absolute atomic E-state index is 0.0593. The van der Waals surface area contributed by atoms with Crippen molar-refractivity contribution in [1.29, 1.82) is 0 Å². The Kier molecular flexibility index (Phi) is 4.39. The first kappa shape index (κ1) is 15.8. The Morgan fingerprint density at radius 2 is 2.33 bits per heavy atom. The van der Waals surface area contributed by atoms with Gasteiger partial charge in [0.25, 0.3) is 5.91 Å². The fourth-order valence-corrected chi connectivity index (χ4v) is 4.38. The molecule has 7 heteroatoms. The highest BCUT2D eigenvalue weighted by molar-refractivity contribution is 7.09. The second kappa shape index (κ2) is 6.66. The molecule has 0 radical (unpaired) electrons. The van der Waals surface area contributed by atoms with Crippen molar-refractivity contribution >= 4 is 17.2 Å². The van der Waals surface area contributed by atoms with Crippen LogP contribution in [0.3, 0.4) is 0 Å². The number of thiophene rings is 1. The maximum absolute atomic E-state index is 12.7. The number of hydrogen-bond acceptors (Lipinski definition) is 5. The van der Waals surface area contributed by atoms with Crippen molar-refractivity contribution in [3.8, 4) is 0 Å². The smallest absolute Gasteiger partial charge is 0.257 e. The van der Waals surface area contributed by atoms with Crippen LogP contribution in [0.25, 0.3) is 0 Å². The number of hydrogen-bond donors (Lipinski definition) is 0. The van der Waals surface area contributed by atoms with E-state index in [9.17, 15) is 4.79 Å². The normalized spacial score (nSPS) is 24.8. The number of amides is 1. The molecule has 2 aromatic heterocycles. The predicted molar refractivity (Wildman–Crippen MR) is 91.9 cm³/mol. The highest BCUT2D eigenvalue weighted by Crippen LogP contribution is 2.26. The van der Waals surface area contributed by atoms with Crippen molar-refractivity contribution in [3.05, 3.63) is 40.3 Å². The molecule has 128 valence electrons. The molecule has 2 fully saturated rings. The first-order chi connectivity index (χ1) is 11.7. The summed E-state index contributed by atoms with van der Waals surface area (Å²) in [6.07, 6.45) is 3.66. The van der Waals surface area contributed by atoms with Crippen LogP contribution in [0.15, 0.2) is 29.9 Å². The minimum Gasteiger partial charge on any atom is -0.375 e. The molecular weight excluding hydrogens is 324 g/mol. The second-order valence-electron chi connectivity index (χ2n) is 6.60. The molecule has 24 heavy (non-hydrogen) atoms. The van der Waals surface area contributed by atoms with Crippen LogP contribution in [0.2, 0.25) is 0 Å². The van der Waals surface area contributed by atoms with Crippen molar-refractivity contribution in [2.75, 3.05) is 32.8 Å². The van der Waals surface area contributed by atoms with Crippen LogP contribution < -0.4 is 0 Å². The monoisotopic (exact) mass is 346 g/mol. The van der Waals surface area contributed by atoms with E-state index in [1.807, 2.05) is 11.9 Å². The molecule has 1 amide bonds. The van der Waals surface area contributed by atoms with Gasteiger partial charge in [0.1, 0.15) is 0 Å². The number of carbonyl (C=O) groups excluding carboxylic acids is 1. The topological polar surface area (TPSA) is 50.6 Å². The van der Waals surface area contributed by atoms with E-state index in [1.165, 1.54) is 4.88 Å². The Hall–Kier alpha value is -1.70. The summed E-state index contributed by atoms with van der Waals surface area (Å²) in [4.78, 5) is 18.5. The number of ether oxygens (including phenoxy) is 1. The van der Waals surface area contributed by atoms with Crippen molar-refractivity contribution in [2.24, 2.45) is 13.0 Å². The first-order valence-electron chi connectivity index (χ1n) is 8.33. The van der Waals surface area contributed by atoms with Crippen molar-refractivity contribution in [1.82, 2.24) is 19.6 Å². The Labute approximate surface area is 145 Å². The molecule has 2 aliphatic rings. The average Bonchev–Trinajstić information content (AvgIpc) is 3.27. The van der Waals surface area contributed by atoms with Gasteiger partial charge in [-0.25, -0.2) is 0 Å². The molecule has 0 saturated carbocycles. The number of rotatable bonds is 3. The van der Waals surface area contributed by atoms with Gasteiger partial charge < -0.3 is 9.64 Å². The number of likely N-dealkylation sites (tertiary alicyclic amines) is 1. The van der Waals surface area contributed by atoms with Crippen molar-refractivity contribution in [3.63, 3.8) is 0 Å². The third-order valence-electron chi connectivity index (χ3n) is 4.80. The van der Waals surface area contributed by atoms with E-state index in [2.05, 4.69) is 27.5 Å². The molecule has 0 N–H and O–H groups in total. The van der Waals surface area contributed by atoms with Crippen LogP contribution in [-0.2, 0) is 18.3 Å². The summed E-state index contributed by atoms with van der Waals surface area (Å²) in [5, 5.41) is 6.23. The molecule has 4 heterocycles. The van der Waals surface area contributed by atoms with Crippen molar-refractivity contribution in [2.45, 2.75) is 12.6 Å². The summed E-state index contributed by atoms with van der Waals surface area (Å²) in [5.74, 6) is 0.442. The number of aryl methyl sites for hydroxylation is 1. The van der Waals surface area contributed by atoms with E-state index >= 15 is 0 Å². The fraction of sp³-hybridized carbons (Fsp3) is 0.529. The zero-order valence-corrected chi connectivity index (χ0v) is 14.6. The molecule has 4 rings (SSSR count). The van der Waals surface area contributed by atoms with Crippen molar-refractivity contribution < 1.29 is 9.53 Å². The molecule has 0 unspecified atom stereocenters. The summed E-state index contributed by atoms with van der Waals surface area (Å²) in [6.45, 7) is 4.95. The molecule has 2 aromatic rings. The van der Waals surface area contributed by atoms with Gasteiger partial charge in [0, 0.05) is 56.8 Å². The van der Waals surface area contributed by atoms with E-state index < -0.39 is 0 Å². The number of aromatic nitrogens is 2. The molecule has 2 aliphatic heterocycles. The van der Waals surface area contributed by atoms with Gasteiger partial charge in [-0.15, -0.1) is 11.3 Å². The van der Waals surface area contributed by atoms with Crippen LogP contribution in [0, 0.1) is 5.92 Å². The van der Waals surface area contributed by atoms with Gasteiger partial charge >= 0.3 is 0 Å². The zero-order chi connectivity index (χ0) is 16.5. The molecule has 0 aromatic carbocycles. The van der Waals surface area contributed by atoms with Gasteiger partial charge in [0.05, 0.1) is 24.5 Å². The average molecular weight is 346 g/mol. The molecular formula is C17H22N4O2S. The Morgan fingerprint density at radius 3 is 3.08 bits per heavy atom. The summed E-state index contributed by atoms with van der Waals surface area (Å²) >= 11 is 1.80. The maximum atomic E-state index is 12.7. The molecule has 0 spiro atoms. The van der Waals surface area contributed by atoms with Gasteiger partial charge in [-0.2, -0.15) is 5.10 Å². The highest BCUT2D eigenvalue weighted by Gasteiger charge is 2.37. The van der Waals surface area contributed by atoms with Crippen LogP contribution in [0.1, 0.15) is 15.2 Å². The van der Waals surface area contributed by atoms with Gasteiger partial charge in [-0.1, -0.05) is 6.07 Å². The van der Waals surface area contributed by atoms with Crippen LogP contribution in [0.5, 0.6) is 0 Å². The molecule has 2 atom stereocenters. The summed E-state index contributed by atoms with van der Waals surface area (Å²) < 4.78 is 7.71. The third-order valence-corrected chi connectivity index (χ3v) is 5.66. The third kappa shape index (κ3) is 3.24. The molecule has 6 nitrogen and oxygen atoms in total. The van der Waals surface area contributed by atoms with Crippen LogP contribution in [-0.4, -0.2) is 64.4 Å². The Bertz CT molecular complexity index is 699. The zero-order valence-electron chi connectivity index (χ0n) is 13.8. The largest absolute Gasteiger partial charge is 0.375 e. The second-order valence-corrected chi connectivity index (χ2v) is 7.63. The Morgan fingerprint density at radius 1 is 1.42 bits per heavy atom. The molecule has 2 saturated heterocycles. The van der Waals surface area contributed by atoms with Gasteiger partial charge in [0.2, 0.25) is 0 Å². The predicted octanol–water partition coefficient (Wildman–Crippen LogP) is 1.45. The standard InChI is InChI=1S/C17H22N4O2S/c1-19-8-13(7-18-19)17(22)21-4-5-23-16-12-20(9-14(16)10-21)11-15-3-2-6-24-15/h2-3,6-8,14,16H,4-5,9-12H2,1H3/t14-,16-/m0/s1. The maximum Gasteiger partial charge on any atom is 0.257 e. The van der Waals surface area contributed by atoms with E-state index in [1.54, 1.807) is 28.4 Å². The van der Waals surface area contributed by atoms with Crippen LogP contribution >= 0.6 is 11.3 Å². The molecule has 0 bridgehead atoms. The van der Waals surface area contributed by atoms with E-state index in [0.717, 1.165) is 26.2 Å². The van der Waals surface area contributed by atoms with E-state index in [4.69, 9.17) is 4.74 Å². The lowest BCUT2D eigenvalue weighted by atomic mass is 10.1.